The van der Waals surface area contributed by atoms with Crippen LogP contribution in [0, 0.1) is 0 Å². The van der Waals surface area contributed by atoms with Crippen LogP contribution in [0.2, 0.25) is 0 Å². The molecule has 2 nitrogen and oxygen atoms in total. The molecule has 1 N–H and O–H groups in total. The van der Waals surface area contributed by atoms with Crippen molar-refractivity contribution >= 4 is 11.8 Å². The van der Waals surface area contributed by atoms with Gasteiger partial charge < -0.3 is 10.2 Å². The summed E-state index contributed by atoms with van der Waals surface area (Å²) in [4.78, 5) is 4.00. The molecule has 0 aromatic heterocycles. The lowest BCUT2D eigenvalue weighted by Crippen LogP contribution is -2.34. The quantitative estimate of drug-likeness (QED) is 0.735. The first-order valence-electron chi connectivity index (χ1n) is 7.50. The Kier molecular flexibility index (Phi) is 6.21. The molecule has 0 bridgehead atoms. The van der Waals surface area contributed by atoms with Crippen LogP contribution in [-0.2, 0) is 0 Å². The average Bonchev–Trinajstić information content (AvgIpc) is 2.85. The molecule has 106 valence electrons. The maximum Gasteiger partial charge on any atom is 0.0108 e. The monoisotopic (exact) mass is 278 g/mol. The van der Waals surface area contributed by atoms with Gasteiger partial charge in [0.15, 0.2) is 0 Å². The Morgan fingerprint density at radius 3 is 2.89 bits per heavy atom. The highest BCUT2D eigenvalue weighted by molar-refractivity contribution is 7.99. The zero-order chi connectivity index (χ0) is 13.5. The highest BCUT2D eigenvalue weighted by atomic mass is 32.2. The standard InChI is InChI=1S/C16H26N2S/c1-3-10-18(4-2)11-9-17-12-14-13-19-16-8-6-5-7-15(14)16/h5-8,14,17H,3-4,9-13H2,1-2H3. The Morgan fingerprint density at radius 2 is 2.11 bits per heavy atom. The molecule has 19 heavy (non-hydrogen) atoms. The SMILES string of the molecule is CCCN(CC)CCNCC1CSc2ccccc21. The van der Waals surface area contributed by atoms with E-state index in [2.05, 4.69) is 48.3 Å². The van der Waals surface area contributed by atoms with Gasteiger partial charge >= 0.3 is 0 Å². The number of hydrogen-bond donors (Lipinski definition) is 1. The fourth-order valence-electron chi connectivity index (χ4n) is 2.66. The van der Waals surface area contributed by atoms with Crippen LogP contribution in [0.5, 0.6) is 0 Å². The predicted molar refractivity (Wildman–Crippen MR) is 85.2 cm³/mol. The molecular weight excluding hydrogens is 252 g/mol. The van der Waals surface area contributed by atoms with E-state index in [1.807, 2.05) is 11.8 Å². The maximum absolute atomic E-state index is 3.64. The molecule has 1 aromatic carbocycles. The van der Waals surface area contributed by atoms with Crippen molar-refractivity contribution in [2.75, 3.05) is 38.5 Å². The van der Waals surface area contributed by atoms with Crippen molar-refractivity contribution in [3.05, 3.63) is 29.8 Å². The molecule has 1 aromatic rings. The number of benzene rings is 1. The van der Waals surface area contributed by atoms with Crippen LogP contribution in [0.1, 0.15) is 31.7 Å². The number of fused-ring (bicyclic) bond motifs is 1. The van der Waals surface area contributed by atoms with E-state index in [1.165, 1.54) is 30.2 Å². The molecule has 0 saturated heterocycles. The minimum absolute atomic E-state index is 0.697. The number of nitrogens with one attached hydrogen (secondary N) is 1. The number of rotatable bonds is 8. The zero-order valence-corrected chi connectivity index (χ0v) is 13.0. The molecule has 3 heteroatoms. The van der Waals surface area contributed by atoms with Gasteiger partial charge in [0.1, 0.15) is 0 Å². The lowest BCUT2D eigenvalue weighted by Gasteiger charge is -2.20. The third-order valence-corrected chi connectivity index (χ3v) is 5.03. The zero-order valence-electron chi connectivity index (χ0n) is 12.2. The molecular formula is C16H26N2S. The second-order valence-corrected chi connectivity index (χ2v) is 6.25. The van der Waals surface area contributed by atoms with Crippen LogP contribution in [0.15, 0.2) is 29.2 Å². The molecule has 1 aliphatic rings. The average molecular weight is 278 g/mol. The topological polar surface area (TPSA) is 15.3 Å². The molecule has 0 fully saturated rings. The first kappa shape index (κ1) is 14.9. The summed E-state index contributed by atoms with van der Waals surface area (Å²) in [6.45, 7) is 10.3. The molecule has 0 aliphatic carbocycles. The van der Waals surface area contributed by atoms with Gasteiger partial charge in [0, 0.05) is 36.2 Å². The fraction of sp³-hybridized carbons (Fsp3) is 0.625. The van der Waals surface area contributed by atoms with E-state index in [1.54, 1.807) is 5.56 Å². The summed E-state index contributed by atoms with van der Waals surface area (Å²) in [6.07, 6.45) is 1.25. The normalized spacial score (nSPS) is 17.9. The predicted octanol–water partition coefficient (Wildman–Crippen LogP) is 3.20. The number of nitrogens with zero attached hydrogens (tertiary/aromatic N) is 1. The summed E-state index contributed by atoms with van der Waals surface area (Å²) in [5, 5.41) is 3.64. The Bertz CT molecular complexity index is 381. The van der Waals surface area contributed by atoms with Gasteiger partial charge in [-0.05, 0) is 31.1 Å². The van der Waals surface area contributed by atoms with Crippen molar-refractivity contribution in [2.24, 2.45) is 0 Å². The van der Waals surface area contributed by atoms with Gasteiger partial charge in [-0.2, -0.15) is 0 Å². The summed E-state index contributed by atoms with van der Waals surface area (Å²) >= 11 is 2.00. The van der Waals surface area contributed by atoms with Crippen LogP contribution in [0.3, 0.4) is 0 Å². The lowest BCUT2D eigenvalue weighted by molar-refractivity contribution is 0.287. The number of thioether (sulfide) groups is 1. The Morgan fingerprint density at radius 1 is 1.26 bits per heavy atom. The van der Waals surface area contributed by atoms with Crippen molar-refractivity contribution in [2.45, 2.75) is 31.1 Å². The third kappa shape index (κ3) is 4.23. The van der Waals surface area contributed by atoms with Gasteiger partial charge in [0.25, 0.3) is 0 Å². The number of likely N-dealkylation sites (N-methyl/N-ethyl adjacent to an activating group) is 1. The molecule has 1 aliphatic heterocycles. The minimum atomic E-state index is 0.697. The van der Waals surface area contributed by atoms with E-state index in [0.717, 1.165) is 19.6 Å². The second kappa shape index (κ2) is 7.93. The van der Waals surface area contributed by atoms with E-state index in [4.69, 9.17) is 0 Å². The number of hydrogen-bond acceptors (Lipinski definition) is 3. The van der Waals surface area contributed by atoms with E-state index in [9.17, 15) is 0 Å². The van der Waals surface area contributed by atoms with Crippen LogP contribution >= 0.6 is 11.8 Å². The molecule has 0 amide bonds. The fourth-order valence-corrected chi connectivity index (χ4v) is 3.91. The van der Waals surface area contributed by atoms with Gasteiger partial charge in [-0.25, -0.2) is 0 Å². The first-order chi connectivity index (χ1) is 9.35. The maximum atomic E-state index is 3.64. The van der Waals surface area contributed by atoms with Gasteiger partial charge in [-0.3, -0.25) is 0 Å². The van der Waals surface area contributed by atoms with Crippen molar-refractivity contribution in [3.8, 4) is 0 Å². The summed E-state index contributed by atoms with van der Waals surface area (Å²) in [5.74, 6) is 1.93. The van der Waals surface area contributed by atoms with Crippen molar-refractivity contribution in [1.29, 1.82) is 0 Å². The highest BCUT2D eigenvalue weighted by Gasteiger charge is 2.21. The Balaban J connectivity index is 1.70. The molecule has 1 unspecified atom stereocenters. The molecule has 0 saturated carbocycles. The third-order valence-electron chi connectivity index (χ3n) is 3.78. The summed E-state index contributed by atoms with van der Waals surface area (Å²) in [7, 11) is 0. The van der Waals surface area contributed by atoms with E-state index < -0.39 is 0 Å². The second-order valence-electron chi connectivity index (χ2n) is 5.18. The van der Waals surface area contributed by atoms with E-state index in [-0.39, 0.29) is 0 Å². The van der Waals surface area contributed by atoms with Gasteiger partial charge in [-0.1, -0.05) is 32.0 Å². The van der Waals surface area contributed by atoms with Gasteiger partial charge in [-0.15, -0.1) is 11.8 Å². The lowest BCUT2D eigenvalue weighted by atomic mass is 10.0. The summed E-state index contributed by atoms with van der Waals surface area (Å²) < 4.78 is 0. The van der Waals surface area contributed by atoms with Crippen LogP contribution < -0.4 is 5.32 Å². The summed E-state index contributed by atoms with van der Waals surface area (Å²) in [5.41, 5.74) is 1.54. The molecule has 0 spiro atoms. The summed E-state index contributed by atoms with van der Waals surface area (Å²) in [6, 6.07) is 8.85. The van der Waals surface area contributed by atoms with Crippen LogP contribution in [0.25, 0.3) is 0 Å². The van der Waals surface area contributed by atoms with Gasteiger partial charge in [0.05, 0.1) is 0 Å². The largest absolute Gasteiger partial charge is 0.315 e. The first-order valence-corrected chi connectivity index (χ1v) is 8.48. The van der Waals surface area contributed by atoms with Gasteiger partial charge in [0.2, 0.25) is 0 Å². The van der Waals surface area contributed by atoms with Crippen molar-refractivity contribution < 1.29 is 0 Å². The molecule has 2 rings (SSSR count). The van der Waals surface area contributed by atoms with E-state index in [0.29, 0.717) is 5.92 Å². The van der Waals surface area contributed by atoms with E-state index >= 15 is 0 Å². The van der Waals surface area contributed by atoms with Crippen molar-refractivity contribution in [1.82, 2.24) is 10.2 Å². The highest BCUT2D eigenvalue weighted by Crippen LogP contribution is 2.38. The molecule has 0 radical (unpaired) electrons. The molecule has 1 atom stereocenters. The Hall–Kier alpha value is -0.510. The van der Waals surface area contributed by atoms with Crippen molar-refractivity contribution in [3.63, 3.8) is 0 Å². The smallest absolute Gasteiger partial charge is 0.0108 e. The molecule has 1 heterocycles. The Labute approximate surface area is 122 Å². The minimum Gasteiger partial charge on any atom is -0.315 e. The van der Waals surface area contributed by atoms with Crippen LogP contribution in [0.4, 0.5) is 0 Å². The van der Waals surface area contributed by atoms with Crippen LogP contribution in [-0.4, -0.2) is 43.4 Å².